The Kier molecular flexibility index (Phi) is 3.71. The van der Waals surface area contributed by atoms with Crippen LogP contribution in [-0.2, 0) is 4.79 Å². The number of amides is 1. The summed E-state index contributed by atoms with van der Waals surface area (Å²) in [6.45, 7) is 0. The van der Waals surface area contributed by atoms with E-state index in [9.17, 15) is 9.18 Å². The van der Waals surface area contributed by atoms with Crippen molar-refractivity contribution >= 4 is 11.6 Å². The van der Waals surface area contributed by atoms with Crippen LogP contribution in [0.5, 0.6) is 11.5 Å². The zero-order valence-electron chi connectivity index (χ0n) is 12.4. The molecular weight excluding hydrogens is 285 g/mol. The number of carbonyl (C=O) groups is 1. The maximum absolute atomic E-state index is 13.1. The van der Waals surface area contributed by atoms with Gasteiger partial charge in [-0.3, -0.25) is 4.79 Å². The first-order chi connectivity index (χ1) is 10.6. The fourth-order valence-electron chi connectivity index (χ4n) is 2.78. The molecule has 114 valence electrons. The predicted molar refractivity (Wildman–Crippen MR) is 81.0 cm³/mol. The standard InChI is InChI=1S/C17H16FNO3/c1-21-15-7-13-12(10-3-5-11(18)6-4-10)8-17(20)19-14(13)9-16(15)22-2/h3-7,9,12H,8H2,1-2H3,(H,19,20)/t12-/m1/s1. The van der Waals surface area contributed by atoms with Crippen LogP contribution in [0.15, 0.2) is 36.4 Å². The smallest absolute Gasteiger partial charge is 0.225 e. The topological polar surface area (TPSA) is 47.6 Å². The third-order valence-corrected chi connectivity index (χ3v) is 3.87. The molecule has 1 heterocycles. The first-order valence-corrected chi connectivity index (χ1v) is 6.93. The third-order valence-electron chi connectivity index (χ3n) is 3.87. The molecule has 0 aromatic heterocycles. The van der Waals surface area contributed by atoms with Gasteiger partial charge in [0.05, 0.1) is 14.2 Å². The number of carbonyl (C=O) groups excluding carboxylic acids is 1. The minimum Gasteiger partial charge on any atom is -0.493 e. The summed E-state index contributed by atoms with van der Waals surface area (Å²) < 4.78 is 23.7. The van der Waals surface area contributed by atoms with E-state index >= 15 is 0 Å². The average molecular weight is 301 g/mol. The fourth-order valence-corrected chi connectivity index (χ4v) is 2.78. The van der Waals surface area contributed by atoms with Crippen LogP contribution < -0.4 is 14.8 Å². The highest BCUT2D eigenvalue weighted by molar-refractivity contribution is 5.96. The number of benzene rings is 2. The fraction of sp³-hybridized carbons (Fsp3) is 0.235. The van der Waals surface area contributed by atoms with E-state index in [1.54, 1.807) is 32.4 Å². The van der Waals surface area contributed by atoms with Crippen molar-refractivity contribution in [3.63, 3.8) is 0 Å². The highest BCUT2D eigenvalue weighted by Crippen LogP contribution is 2.42. The van der Waals surface area contributed by atoms with Gasteiger partial charge in [-0.05, 0) is 29.3 Å². The molecule has 1 atom stereocenters. The van der Waals surface area contributed by atoms with Gasteiger partial charge in [-0.25, -0.2) is 4.39 Å². The lowest BCUT2D eigenvalue weighted by atomic mass is 9.84. The quantitative estimate of drug-likeness (QED) is 0.946. The molecule has 1 amide bonds. The molecule has 0 bridgehead atoms. The van der Waals surface area contributed by atoms with Crippen molar-refractivity contribution in [1.82, 2.24) is 0 Å². The third kappa shape index (κ3) is 2.50. The van der Waals surface area contributed by atoms with Crippen molar-refractivity contribution in [2.24, 2.45) is 0 Å². The molecule has 1 aliphatic rings. The number of nitrogens with one attached hydrogen (secondary N) is 1. The SMILES string of the molecule is COc1cc2c(cc1OC)[C@@H](c1ccc(F)cc1)CC(=O)N2. The Bertz CT molecular complexity index is 713. The molecular formula is C17H16FNO3. The van der Waals surface area contributed by atoms with E-state index in [1.807, 2.05) is 6.07 Å². The summed E-state index contributed by atoms with van der Waals surface area (Å²) in [6, 6.07) is 9.84. The van der Waals surface area contributed by atoms with Crippen molar-refractivity contribution < 1.29 is 18.7 Å². The molecule has 0 radical (unpaired) electrons. The van der Waals surface area contributed by atoms with Crippen LogP contribution in [0.4, 0.5) is 10.1 Å². The Labute approximate surface area is 127 Å². The molecule has 1 N–H and O–H groups in total. The maximum atomic E-state index is 13.1. The molecule has 3 rings (SSSR count). The van der Waals surface area contributed by atoms with Crippen LogP contribution in [0, 0.1) is 5.82 Å². The lowest BCUT2D eigenvalue weighted by Crippen LogP contribution is -2.23. The zero-order chi connectivity index (χ0) is 15.7. The van der Waals surface area contributed by atoms with Crippen LogP contribution in [0.1, 0.15) is 23.5 Å². The molecule has 4 nitrogen and oxygen atoms in total. The van der Waals surface area contributed by atoms with Gasteiger partial charge in [0.15, 0.2) is 11.5 Å². The largest absolute Gasteiger partial charge is 0.493 e. The van der Waals surface area contributed by atoms with Gasteiger partial charge in [0.25, 0.3) is 0 Å². The molecule has 0 unspecified atom stereocenters. The lowest BCUT2D eigenvalue weighted by Gasteiger charge is -2.27. The lowest BCUT2D eigenvalue weighted by molar-refractivity contribution is -0.116. The minimum atomic E-state index is -0.295. The Morgan fingerprint density at radius 2 is 1.73 bits per heavy atom. The highest BCUT2D eigenvalue weighted by atomic mass is 19.1. The average Bonchev–Trinajstić information content (AvgIpc) is 2.53. The Morgan fingerprint density at radius 3 is 2.36 bits per heavy atom. The summed E-state index contributed by atoms with van der Waals surface area (Å²) in [5.41, 5.74) is 2.52. The Balaban J connectivity index is 2.11. The number of ether oxygens (including phenoxy) is 2. The van der Waals surface area contributed by atoms with Crippen molar-refractivity contribution in [1.29, 1.82) is 0 Å². The number of fused-ring (bicyclic) bond motifs is 1. The van der Waals surface area contributed by atoms with Crippen LogP contribution in [-0.4, -0.2) is 20.1 Å². The minimum absolute atomic E-state index is 0.0750. The number of rotatable bonds is 3. The summed E-state index contributed by atoms with van der Waals surface area (Å²) in [4.78, 5) is 12.0. The van der Waals surface area contributed by atoms with Gasteiger partial charge < -0.3 is 14.8 Å². The monoisotopic (exact) mass is 301 g/mol. The molecule has 0 saturated carbocycles. The van der Waals surface area contributed by atoms with E-state index in [0.717, 1.165) is 11.1 Å². The molecule has 0 saturated heterocycles. The van der Waals surface area contributed by atoms with E-state index in [2.05, 4.69) is 5.32 Å². The molecule has 0 fully saturated rings. The summed E-state index contributed by atoms with van der Waals surface area (Å²) in [6.07, 6.45) is 0.314. The van der Waals surface area contributed by atoms with Gasteiger partial charge in [0.2, 0.25) is 5.91 Å². The Hall–Kier alpha value is -2.56. The van der Waals surface area contributed by atoms with Crippen LogP contribution in [0.3, 0.4) is 0 Å². The van der Waals surface area contributed by atoms with E-state index in [4.69, 9.17) is 9.47 Å². The summed E-state index contributed by atoms with van der Waals surface area (Å²) in [7, 11) is 3.12. The van der Waals surface area contributed by atoms with Crippen molar-refractivity contribution in [2.75, 3.05) is 19.5 Å². The molecule has 2 aromatic carbocycles. The second-order valence-electron chi connectivity index (χ2n) is 5.15. The van der Waals surface area contributed by atoms with Crippen molar-refractivity contribution in [3.05, 3.63) is 53.3 Å². The van der Waals surface area contributed by atoms with Crippen LogP contribution in [0.25, 0.3) is 0 Å². The number of anilines is 1. The first-order valence-electron chi connectivity index (χ1n) is 6.93. The van der Waals surface area contributed by atoms with Gasteiger partial charge in [-0.15, -0.1) is 0 Å². The van der Waals surface area contributed by atoms with Gasteiger partial charge in [-0.1, -0.05) is 12.1 Å². The molecule has 0 spiro atoms. The second kappa shape index (κ2) is 5.67. The molecule has 0 aliphatic carbocycles. The highest BCUT2D eigenvalue weighted by Gasteiger charge is 2.28. The van der Waals surface area contributed by atoms with E-state index in [-0.39, 0.29) is 17.6 Å². The Morgan fingerprint density at radius 1 is 1.09 bits per heavy atom. The zero-order valence-corrected chi connectivity index (χ0v) is 12.4. The maximum Gasteiger partial charge on any atom is 0.225 e. The predicted octanol–water partition coefficient (Wildman–Crippen LogP) is 3.32. The van der Waals surface area contributed by atoms with Crippen LogP contribution in [0.2, 0.25) is 0 Å². The number of hydrogen-bond donors (Lipinski definition) is 1. The summed E-state index contributed by atoms with van der Waals surface area (Å²) in [5.74, 6) is 0.653. The van der Waals surface area contributed by atoms with E-state index < -0.39 is 0 Å². The van der Waals surface area contributed by atoms with Gasteiger partial charge >= 0.3 is 0 Å². The van der Waals surface area contributed by atoms with Gasteiger partial charge in [-0.2, -0.15) is 0 Å². The summed E-state index contributed by atoms with van der Waals surface area (Å²) >= 11 is 0. The first kappa shape index (κ1) is 14.4. The number of halogens is 1. The summed E-state index contributed by atoms with van der Waals surface area (Å²) in [5, 5.41) is 2.85. The van der Waals surface area contributed by atoms with Crippen molar-refractivity contribution in [3.8, 4) is 11.5 Å². The second-order valence-corrected chi connectivity index (χ2v) is 5.15. The molecule has 2 aromatic rings. The van der Waals surface area contributed by atoms with E-state index in [0.29, 0.717) is 23.6 Å². The van der Waals surface area contributed by atoms with Crippen molar-refractivity contribution in [2.45, 2.75) is 12.3 Å². The molecule has 1 aliphatic heterocycles. The number of methoxy groups -OCH3 is 2. The van der Waals surface area contributed by atoms with E-state index in [1.165, 1.54) is 12.1 Å². The molecule has 22 heavy (non-hydrogen) atoms. The normalized spacial score (nSPS) is 16.7. The molecule has 5 heteroatoms. The van der Waals surface area contributed by atoms with Crippen LogP contribution >= 0.6 is 0 Å². The van der Waals surface area contributed by atoms with Gasteiger partial charge in [0, 0.05) is 24.1 Å². The number of hydrogen-bond acceptors (Lipinski definition) is 3. The van der Waals surface area contributed by atoms with Gasteiger partial charge in [0.1, 0.15) is 5.82 Å².